The lowest BCUT2D eigenvalue weighted by Crippen LogP contribution is -2.56. The Kier molecular flexibility index (Phi) is 3.45. The quantitative estimate of drug-likeness (QED) is 0.628. The summed E-state index contributed by atoms with van der Waals surface area (Å²) >= 11 is 0. The fourth-order valence-electron chi connectivity index (χ4n) is 1.91. The highest BCUT2D eigenvalue weighted by Gasteiger charge is 2.29. The summed E-state index contributed by atoms with van der Waals surface area (Å²) in [6.07, 6.45) is 0. The Bertz CT molecular complexity index is 191. The number of rotatable bonds is 2. The van der Waals surface area contributed by atoms with Crippen LogP contribution < -0.4 is 0 Å². The number of carbonyl (C=O) groups excluding carboxylic acids is 1. The van der Waals surface area contributed by atoms with Crippen molar-refractivity contribution < 1.29 is 4.79 Å². The summed E-state index contributed by atoms with van der Waals surface area (Å²) in [5, 5.41) is 0. The van der Waals surface area contributed by atoms with Crippen molar-refractivity contribution in [1.82, 2.24) is 9.80 Å². The molecule has 1 saturated heterocycles. The summed E-state index contributed by atoms with van der Waals surface area (Å²) in [5.74, 6) is 0.292. The van der Waals surface area contributed by atoms with Crippen molar-refractivity contribution in [2.24, 2.45) is 0 Å². The van der Waals surface area contributed by atoms with Crippen molar-refractivity contribution in [2.75, 3.05) is 26.7 Å². The van der Waals surface area contributed by atoms with Crippen LogP contribution in [0.2, 0.25) is 0 Å². The summed E-state index contributed by atoms with van der Waals surface area (Å²) in [6, 6.07) is 0.585. The molecule has 3 nitrogen and oxygen atoms in total. The van der Waals surface area contributed by atoms with Gasteiger partial charge in [0.25, 0.3) is 0 Å². The average Bonchev–Trinajstić information content (AvgIpc) is 2.03. The number of likely N-dealkylation sites (N-methyl/N-ethyl adjacent to an activating group) is 1. The fraction of sp³-hybridized carbons (Fsp3) is 0.900. The van der Waals surface area contributed by atoms with Crippen molar-refractivity contribution in [3.05, 3.63) is 0 Å². The predicted molar refractivity (Wildman–Crippen MR) is 53.8 cm³/mol. The van der Waals surface area contributed by atoms with E-state index < -0.39 is 0 Å². The van der Waals surface area contributed by atoms with Crippen LogP contribution in [-0.4, -0.2) is 54.3 Å². The van der Waals surface area contributed by atoms with Crippen molar-refractivity contribution in [1.29, 1.82) is 0 Å². The van der Waals surface area contributed by atoms with Gasteiger partial charge in [0.1, 0.15) is 5.78 Å². The number of piperazine rings is 1. The smallest absolute Gasteiger partial charge is 0.148 e. The molecular formula is C10H20N2O. The fourth-order valence-corrected chi connectivity index (χ4v) is 1.91. The molecule has 1 heterocycles. The van der Waals surface area contributed by atoms with E-state index in [0.717, 1.165) is 19.6 Å². The molecule has 3 heteroatoms. The third-order valence-corrected chi connectivity index (χ3v) is 2.76. The molecule has 0 saturated carbocycles. The van der Waals surface area contributed by atoms with Gasteiger partial charge in [-0.2, -0.15) is 0 Å². The third kappa shape index (κ3) is 2.51. The topological polar surface area (TPSA) is 23.6 Å². The summed E-state index contributed by atoms with van der Waals surface area (Å²) in [5.41, 5.74) is 0. The molecule has 1 aliphatic heterocycles. The number of nitrogens with zero attached hydrogens (tertiary/aromatic N) is 2. The number of hydrogen-bond acceptors (Lipinski definition) is 3. The van der Waals surface area contributed by atoms with Crippen molar-refractivity contribution >= 4 is 5.78 Å². The van der Waals surface area contributed by atoms with Crippen LogP contribution in [0.4, 0.5) is 0 Å². The van der Waals surface area contributed by atoms with Crippen LogP contribution in [0.15, 0.2) is 0 Å². The second kappa shape index (κ2) is 4.20. The number of carbonyl (C=O) groups is 1. The van der Waals surface area contributed by atoms with Gasteiger partial charge in [0.2, 0.25) is 0 Å². The van der Waals surface area contributed by atoms with Gasteiger partial charge in [0.05, 0.1) is 6.04 Å². The molecular weight excluding hydrogens is 164 g/mol. The van der Waals surface area contributed by atoms with Gasteiger partial charge >= 0.3 is 0 Å². The first-order chi connectivity index (χ1) is 6.02. The molecule has 0 amide bonds. The Hall–Kier alpha value is -0.410. The zero-order valence-electron chi connectivity index (χ0n) is 9.08. The normalized spacial score (nSPS) is 26.7. The molecule has 0 aromatic rings. The van der Waals surface area contributed by atoms with Crippen LogP contribution in [-0.2, 0) is 4.79 Å². The first-order valence-corrected chi connectivity index (χ1v) is 4.97. The van der Waals surface area contributed by atoms with E-state index in [1.807, 2.05) is 0 Å². The zero-order chi connectivity index (χ0) is 10.0. The van der Waals surface area contributed by atoms with E-state index in [1.54, 1.807) is 6.92 Å². The monoisotopic (exact) mass is 184 g/mol. The van der Waals surface area contributed by atoms with Gasteiger partial charge in [-0.3, -0.25) is 9.69 Å². The van der Waals surface area contributed by atoms with Crippen molar-refractivity contribution in [3.63, 3.8) is 0 Å². The Morgan fingerprint density at radius 3 is 2.46 bits per heavy atom. The highest BCUT2D eigenvalue weighted by atomic mass is 16.1. The van der Waals surface area contributed by atoms with Gasteiger partial charge in [0, 0.05) is 25.7 Å². The molecule has 0 N–H and O–H groups in total. The Morgan fingerprint density at radius 2 is 2.00 bits per heavy atom. The molecule has 0 aromatic carbocycles. The molecule has 76 valence electrons. The minimum absolute atomic E-state index is 0.110. The molecule has 13 heavy (non-hydrogen) atoms. The molecule has 0 bridgehead atoms. The van der Waals surface area contributed by atoms with E-state index in [-0.39, 0.29) is 6.04 Å². The van der Waals surface area contributed by atoms with E-state index in [0.29, 0.717) is 11.8 Å². The van der Waals surface area contributed by atoms with Crippen LogP contribution >= 0.6 is 0 Å². The van der Waals surface area contributed by atoms with Crippen LogP contribution in [0.25, 0.3) is 0 Å². The molecule has 1 aliphatic rings. The second-order valence-corrected chi connectivity index (χ2v) is 4.22. The van der Waals surface area contributed by atoms with E-state index >= 15 is 0 Å². The summed E-state index contributed by atoms with van der Waals surface area (Å²) < 4.78 is 0. The lowest BCUT2D eigenvalue weighted by atomic mass is 10.1. The van der Waals surface area contributed by atoms with Gasteiger partial charge in [0.15, 0.2) is 0 Å². The van der Waals surface area contributed by atoms with E-state index in [2.05, 4.69) is 30.7 Å². The first kappa shape index (κ1) is 10.7. The largest absolute Gasteiger partial charge is 0.303 e. The molecule has 0 spiro atoms. The van der Waals surface area contributed by atoms with Gasteiger partial charge in [-0.1, -0.05) is 0 Å². The van der Waals surface area contributed by atoms with Gasteiger partial charge in [-0.15, -0.1) is 0 Å². The first-order valence-electron chi connectivity index (χ1n) is 4.97. The van der Waals surface area contributed by atoms with Crippen LogP contribution in [0.3, 0.4) is 0 Å². The predicted octanol–water partition coefficient (Wildman–Crippen LogP) is 0.600. The molecule has 1 rings (SSSR count). The lowest BCUT2D eigenvalue weighted by molar-refractivity contribution is -0.125. The maximum Gasteiger partial charge on any atom is 0.148 e. The van der Waals surface area contributed by atoms with Crippen LogP contribution in [0.5, 0.6) is 0 Å². The molecule has 0 radical (unpaired) electrons. The van der Waals surface area contributed by atoms with Crippen LogP contribution in [0, 0.1) is 0 Å². The third-order valence-electron chi connectivity index (χ3n) is 2.76. The molecule has 1 atom stereocenters. The maximum absolute atomic E-state index is 11.4. The second-order valence-electron chi connectivity index (χ2n) is 4.22. The zero-order valence-corrected chi connectivity index (χ0v) is 9.08. The molecule has 0 aromatic heterocycles. The highest BCUT2D eigenvalue weighted by molar-refractivity contribution is 5.81. The Labute approximate surface area is 80.7 Å². The SMILES string of the molecule is CC(=O)[C@@H]1CN(C)CCN1C(C)C. The standard InChI is InChI=1S/C10H20N2O/c1-8(2)12-6-5-11(4)7-10(12)9(3)13/h8,10H,5-7H2,1-4H3/t10-/m0/s1. The number of hydrogen-bond donors (Lipinski definition) is 0. The van der Waals surface area contributed by atoms with Gasteiger partial charge in [-0.05, 0) is 27.8 Å². The summed E-state index contributed by atoms with van der Waals surface area (Å²) in [7, 11) is 2.08. The Balaban J connectivity index is 2.66. The van der Waals surface area contributed by atoms with E-state index in [1.165, 1.54) is 0 Å². The number of Topliss-reactive ketones (excluding diaryl/α,β-unsaturated/α-hetero) is 1. The molecule has 0 unspecified atom stereocenters. The van der Waals surface area contributed by atoms with Gasteiger partial charge in [-0.25, -0.2) is 0 Å². The summed E-state index contributed by atoms with van der Waals surface area (Å²) in [6.45, 7) is 8.97. The molecule has 1 fully saturated rings. The van der Waals surface area contributed by atoms with E-state index in [4.69, 9.17) is 0 Å². The minimum Gasteiger partial charge on any atom is -0.303 e. The Morgan fingerprint density at radius 1 is 1.38 bits per heavy atom. The van der Waals surface area contributed by atoms with Gasteiger partial charge < -0.3 is 4.90 Å². The maximum atomic E-state index is 11.4. The lowest BCUT2D eigenvalue weighted by Gasteiger charge is -2.41. The highest BCUT2D eigenvalue weighted by Crippen LogP contribution is 2.12. The van der Waals surface area contributed by atoms with E-state index in [9.17, 15) is 4.79 Å². The number of ketones is 1. The van der Waals surface area contributed by atoms with Crippen molar-refractivity contribution in [3.8, 4) is 0 Å². The summed E-state index contributed by atoms with van der Waals surface area (Å²) in [4.78, 5) is 15.9. The molecule has 0 aliphatic carbocycles. The van der Waals surface area contributed by atoms with Crippen LogP contribution in [0.1, 0.15) is 20.8 Å². The minimum atomic E-state index is 0.110. The average molecular weight is 184 g/mol. The van der Waals surface area contributed by atoms with Crippen molar-refractivity contribution in [2.45, 2.75) is 32.9 Å².